The van der Waals surface area contributed by atoms with Crippen molar-refractivity contribution in [2.75, 3.05) is 0 Å². The summed E-state index contributed by atoms with van der Waals surface area (Å²) >= 11 is 1.19. The van der Waals surface area contributed by atoms with Crippen molar-refractivity contribution in [2.45, 2.75) is 29.6 Å². The minimum absolute atomic E-state index is 0.0397. The molecule has 37 heavy (non-hydrogen) atoms. The fourth-order valence-electron chi connectivity index (χ4n) is 4.11. The molecule has 2 aromatic carbocycles. The molecule has 5 aromatic rings. The molecule has 0 fully saturated rings. The molecule has 3 aromatic heterocycles. The van der Waals surface area contributed by atoms with Gasteiger partial charge in [-0.2, -0.15) is 0 Å². The fourth-order valence-corrected chi connectivity index (χ4v) is 6.46. The van der Waals surface area contributed by atoms with Crippen LogP contribution in [0.15, 0.2) is 83.3 Å². The van der Waals surface area contributed by atoms with E-state index in [2.05, 4.69) is 20.0 Å². The van der Waals surface area contributed by atoms with Crippen LogP contribution in [0.25, 0.3) is 21.3 Å². The monoisotopic (exact) mass is 536 g/mol. The number of nitrogens with zero attached hydrogens (tertiary/aromatic N) is 3. The van der Waals surface area contributed by atoms with E-state index in [0.717, 1.165) is 26.9 Å². The SMILES string of the molecule is O=C(C[C@@H](Cc1c[nH]c2ccccc12)n1cc(CNS(=O)(=O)c2ccc(-c3ccccc3)s2)nn1)NO. The molecule has 3 heterocycles. The predicted molar refractivity (Wildman–Crippen MR) is 139 cm³/mol. The van der Waals surface area contributed by atoms with Crippen LogP contribution in [0.4, 0.5) is 0 Å². The zero-order valence-corrected chi connectivity index (χ0v) is 21.2. The summed E-state index contributed by atoms with van der Waals surface area (Å²) in [5.74, 6) is -0.561. The molecular weight excluding hydrogens is 512 g/mol. The maximum Gasteiger partial charge on any atom is 0.250 e. The molecule has 10 nitrogen and oxygen atoms in total. The summed E-state index contributed by atoms with van der Waals surface area (Å²) < 4.78 is 30.0. The molecule has 1 atom stereocenters. The molecule has 5 rings (SSSR count). The first kappa shape index (κ1) is 24.8. The van der Waals surface area contributed by atoms with Crippen LogP contribution in [0.3, 0.4) is 0 Å². The number of hydroxylamine groups is 1. The Kier molecular flexibility index (Phi) is 7.15. The number of hydrogen-bond donors (Lipinski definition) is 4. The lowest BCUT2D eigenvalue weighted by molar-refractivity contribution is -0.130. The molecule has 0 saturated carbocycles. The Hall–Kier alpha value is -3.84. The Labute approximate surface area is 217 Å². The van der Waals surface area contributed by atoms with E-state index in [1.165, 1.54) is 16.0 Å². The normalized spacial score (nSPS) is 12.6. The third kappa shape index (κ3) is 5.62. The summed E-state index contributed by atoms with van der Waals surface area (Å²) in [6.07, 6.45) is 3.90. The average Bonchev–Trinajstić information content (AvgIpc) is 3.68. The van der Waals surface area contributed by atoms with E-state index in [4.69, 9.17) is 5.21 Å². The number of aromatic amines is 1. The van der Waals surface area contributed by atoms with Crippen LogP contribution >= 0.6 is 11.3 Å². The van der Waals surface area contributed by atoms with E-state index in [1.807, 2.05) is 60.8 Å². The lowest BCUT2D eigenvalue weighted by Gasteiger charge is -2.15. The Bertz CT molecular complexity index is 1620. The number of carbonyl (C=O) groups excluding carboxylic acids is 1. The predicted octanol–water partition coefficient (Wildman–Crippen LogP) is 3.65. The number of nitrogens with one attached hydrogen (secondary N) is 3. The largest absolute Gasteiger partial charge is 0.361 e. The highest BCUT2D eigenvalue weighted by molar-refractivity contribution is 7.91. The number of aromatic nitrogens is 4. The van der Waals surface area contributed by atoms with E-state index < -0.39 is 22.0 Å². The first-order valence-electron chi connectivity index (χ1n) is 11.5. The molecule has 1 amide bonds. The summed E-state index contributed by atoms with van der Waals surface area (Å²) in [6.45, 7) is -0.0626. The number of fused-ring (bicyclic) bond motifs is 1. The topological polar surface area (TPSA) is 142 Å². The maximum atomic E-state index is 12.9. The van der Waals surface area contributed by atoms with Crippen molar-refractivity contribution in [3.63, 3.8) is 0 Å². The molecule has 0 radical (unpaired) electrons. The molecule has 0 aliphatic carbocycles. The minimum Gasteiger partial charge on any atom is -0.361 e. The van der Waals surface area contributed by atoms with Crippen LogP contribution < -0.4 is 10.2 Å². The van der Waals surface area contributed by atoms with Crippen molar-refractivity contribution in [3.8, 4) is 10.4 Å². The fraction of sp³-hybridized carbons (Fsp3) is 0.160. The van der Waals surface area contributed by atoms with Gasteiger partial charge in [0, 0.05) is 22.0 Å². The highest BCUT2D eigenvalue weighted by Crippen LogP contribution is 2.30. The third-order valence-electron chi connectivity index (χ3n) is 5.96. The van der Waals surface area contributed by atoms with Gasteiger partial charge >= 0.3 is 0 Å². The van der Waals surface area contributed by atoms with Crippen molar-refractivity contribution >= 4 is 38.2 Å². The van der Waals surface area contributed by atoms with Crippen LogP contribution in [0.5, 0.6) is 0 Å². The Balaban J connectivity index is 1.30. The summed E-state index contributed by atoms with van der Waals surface area (Å²) in [6, 6.07) is 20.3. The quantitative estimate of drug-likeness (QED) is 0.159. The second-order valence-electron chi connectivity index (χ2n) is 8.46. The number of hydrogen-bond acceptors (Lipinski definition) is 7. The molecule has 4 N–H and O–H groups in total. The first-order chi connectivity index (χ1) is 17.9. The zero-order chi connectivity index (χ0) is 25.8. The van der Waals surface area contributed by atoms with E-state index in [9.17, 15) is 13.2 Å². The van der Waals surface area contributed by atoms with Gasteiger partial charge in [-0.1, -0.05) is 53.7 Å². The van der Waals surface area contributed by atoms with E-state index in [1.54, 1.807) is 23.8 Å². The van der Waals surface area contributed by atoms with Gasteiger partial charge in [0.1, 0.15) is 4.21 Å². The molecular formula is C25H24N6O4S2. The number of thiophene rings is 1. The van der Waals surface area contributed by atoms with Gasteiger partial charge in [-0.25, -0.2) is 23.3 Å². The van der Waals surface area contributed by atoms with Crippen molar-refractivity contribution in [1.29, 1.82) is 0 Å². The Morgan fingerprint density at radius 1 is 1.08 bits per heavy atom. The van der Waals surface area contributed by atoms with Gasteiger partial charge in [-0.05, 0) is 35.7 Å². The summed E-state index contributed by atoms with van der Waals surface area (Å²) in [7, 11) is -3.75. The zero-order valence-electron chi connectivity index (χ0n) is 19.5. The molecule has 0 saturated heterocycles. The highest BCUT2D eigenvalue weighted by atomic mass is 32.2. The molecule has 0 unspecified atom stereocenters. The lowest BCUT2D eigenvalue weighted by Crippen LogP contribution is -2.25. The van der Waals surface area contributed by atoms with Crippen molar-refractivity contribution in [2.24, 2.45) is 0 Å². The van der Waals surface area contributed by atoms with Gasteiger partial charge in [0.2, 0.25) is 15.9 Å². The van der Waals surface area contributed by atoms with Gasteiger partial charge in [0.05, 0.1) is 30.9 Å². The molecule has 0 spiro atoms. The van der Waals surface area contributed by atoms with Gasteiger partial charge in [0.15, 0.2) is 0 Å². The van der Waals surface area contributed by atoms with Crippen molar-refractivity contribution < 1.29 is 18.4 Å². The number of rotatable bonds is 10. The maximum absolute atomic E-state index is 12.9. The summed E-state index contributed by atoms with van der Waals surface area (Å²) in [5.41, 5.74) is 4.97. The van der Waals surface area contributed by atoms with E-state index >= 15 is 0 Å². The number of amides is 1. The van der Waals surface area contributed by atoms with E-state index in [-0.39, 0.29) is 17.2 Å². The van der Waals surface area contributed by atoms with Crippen molar-refractivity contribution in [3.05, 3.63) is 90.4 Å². The Morgan fingerprint density at radius 3 is 2.68 bits per heavy atom. The van der Waals surface area contributed by atoms with Gasteiger partial charge in [-0.15, -0.1) is 16.4 Å². The minimum atomic E-state index is -3.75. The molecule has 0 bridgehead atoms. The Morgan fingerprint density at radius 2 is 1.86 bits per heavy atom. The molecule has 12 heteroatoms. The third-order valence-corrected chi connectivity index (χ3v) is 8.98. The molecule has 190 valence electrons. The smallest absolute Gasteiger partial charge is 0.250 e. The van der Waals surface area contributed by atoms with Gasteiger partial charge < -0.3 is 4.98 Å². The average molecular weight is 537 g/mol. The number of para-hydroxylation sites is 1. The number of carbonyl (C=O) groups is 1. The molecule has 0 aliphatic heterocycles. The summed E-state index contributed by atoms with van der Waals surface area (Å²) in [5, 5.41) is 18.3. The highest BCUT2D eigenvalue weighted by Gasteiger charge is 2.22. The van der Waals surface area contributed by atoms with Crippen LogP contribution in [0.2, 0.25) is 0 Å². The summed E-state index contributed by atoms with van der Waals surface area (Å²) in [4.78, 5) is 16.1. The van der Waals surface area contributed by atoms with Crippen LogP contribution in [-0.4, -0.2) is 39.5 Å². The van der Waals surface area contributed by atoms with Crippen LogP contribution in [0.1, 0.15) is 23.7 Å². The van der Waals surface area contributed by atoms with Crippen molar-refractivity contribution in [1.82, 2.24) is 30.2 Å². The standard InChI is InChI=1S/C25H24N6O4S2/c32-24(29-33)13-20(12-18-14-26-22-9-5-4-8-21(18)22)31-16-19(28-30-31)15-27-37(34,35)25-11-10-23(36-25)17-6-2-1-3-7-17/h1-11,14,16,20,26-27,33H,12-13,15H2,(H,29,32)/t20-/m1/s1. The molecule has 0 aliphatic rings. The van der Waals surface area contributed by atoms with Crippen LogP contribution in [-0.2, 0) is 27.8 Å². The second-order valence-corrected chi connectivity index (χ2v) is 11.5. The van der Waals surface area contributed by atoms with Gasteiger partial charge in [0.25, 0.3) is 0 Å². The second kappa shape index (κ2) is 10.6. The van der Waals surface area contributed by atoms with E-state index in [0.29, 0.717) is 12.1 Å². The number of H-pyrrole nitrogens is 1. The van der Waals surface area contributed by atoms with Gasteiger partial charge in [-0.3, -0.25) is 10.0 Å². The number of benzene rings is 2. The first-order valence-corrected chi connectivity index (χ1v) is 13.8. The van der Waals surface area contributed by atoms with Crippen LogP contribution in [0, 0.1) is 0 Å². The number of sulfonamides is 1. The lowest BCUT2D eigenvalue weighted by atomic mass is 10.0.